The lowest BCUT2D eigenvalue weighted by Gasteiger charge is -2.32. The summed E-state index contributed by atoms with van der Waals surface area (Å²) in [4.78, 5) is 13.5. The summed E-state index contributed by atoms with van der Waals surface area (Å²) in [6.45, 7) is 11.8. The number of esters is 1. The highest BCUT2D eigenvalue weighted by Gasteiger charge is 2.17. The standard InChI is InChI=1S/C11H20N2O2/c1-9(2)11(14)15-8-10(3)13-6-4-12-5-7-13/h10,12H,1,4-8H2,2-3H3. The van der Waals surface area contributed by atoms with E-state index >= 15 is 0 Å². The van der Waals surface area contributed by atoms with Gasteiger partial charge in [0.15, 0.2) is 0 Å². The first kappa shape index (κ1) is 12.2. The zero-order valence-corrected chi connectivity index (χ0v) is 9.58. The summed E-state index contributed by atoms with van der Waals surface area (Å²) in [6, 6.07) is 0.287. The molecule has 0 amide bonds. The van der Waals surface area contributed by atoms with E-state index in [0.717, 1.165) is 26.2 Å². The molecule has 86 valence electrons. The van der Waals surface area contributed by atoms with E-state index in [1.54, 1.807) is 6.92 Å². The molecule has 0 radical (unpaired) electrons. The van der Waals surface area contributed by atoms with Gasteiger partial charge >= 0.3 is 5.97 Å². The fourth-order valence-electron chi connectivity index (χ4n) is 1.55. The quantitative estimate of drug-likeness (QED) is 0.541. The molecular weight excluding hydrogens is 192 g/mol. The lowest BCUT2D eigenvalue weighted by molar-refractivity contribution is -0.140. The van der Waals surface area contributed by atoms with Gasteiger partial charge in [0.25, 0.3) is 0 Å². The normalized spacial score (nSPS) is 19.6. The number of hydrogen-bond donors (Lipinski definition) is 1. The van der Waals surface area contributed by atoms with Crippen molar-refractivity contribution in [3.05, 3.63) is 12.2 Å². The molecule has 0 spiro atoms. The minimum atomic E-state index is -0.294. The van der Waals surface area contributed by atoms with Crippen molar-refractivity contribution in [2.45, 2.75) is 19.9 Å². The molecule has 0 saturated carbocycles. The minimum Gasteiger partial charge on any atom is -0.461 e. The molecule has 0 aromatic rings. The fraction of sp³-hybridized carbons (Fsp3) is 0.727. The van der Waals surface area contributed by atoms with Crippen LogP contribution in [0.25, 0.3) is 0 Å². The second-order valence-corrected chi connectivity index (χ2v) is 4.01. The molecule has 1 atom stereocenters. The first-order valence-corrected chi connectivity index (χ1v) is 5.38. The van der Waals surface area contributed by atoms with Gasteiger partial charge < -0.3 is 10.1 Å². The zero-order valence-electron chi connectivity index (χ0n) is 9.58. The highest BCUT2D eigenvalue weighted by molar-refractivity contribution is 5.86. The molecule has 0 aromatic heterocycles. The molecule has 4 heteroatoms. The lowest BCUT2D eigenvalue weighted by atomic mass is 10.2. The van der Waals surface area contributed by atoms with Gasteiger partial charge in [-0.05, 0) is 13.8 Å². The molecule has 1 unspecified atom stereocenters. The maximum absolute atomic E-state index is 11.2. The van der Waals surface area contributed by atoms with Crippen molar-refractivity contribution in [3.8, 4) is 0 Å². The second kappa shape index (κ2) is 5.88. The van der Waals surface area contributed by atoms with Crippen LogP contribution in [0.5, 0.6) is 0 Å². The SMILES string of the molecule is C=C(C)C(=O)OCC(C)N1CCNCC1. The molecule has 1 N–H and O–H groups in total. The molecule has 0 aliphatic carbocycles. The molecule has 15 heavy (non-hydrogen) atoms. The van der Waals surface area contributed by atoms with E-state index in [-0.39, 0.29) is 12.0 Å². The Balaban J connectivity index is 2.25. The summed E-state index contributed by atoms with van der Waals surface area (Å²) in [5, 5.41) is 3.29. The lowest BCUT2D eigenvalue weighted by Crippen LogP contribution is -2.49. The van der Waals surface area contributed by atoms with E-state index in [9.17, 15) is 4.79 Å². The minimum absolute atomic E-state index is 0.287. The fourth-order valence-corrected chi connectivity index (χ4v) is 1.55. The summed E-state index contributed by atoms with van der Waals surface area (Å²) in [6.07, 6.45) is 0. The van der Waals surface area contributed by atoms with E-state index in [1.807, 2.05) is 0 Å². The smallest absolute Gasteiger partial charge is 0.333 e. The Morgan fingerprint density at radius 3 is 2.67 bits per heavy atom. The van der Waals surface area contributed by atoms with Gasteiger partial charge in [0.1, 0.15) is 6.61 Å². The first-order chi connectivity index (χ1) is 7.11. The van der Waals surface area contributed by atoms with Gasteiger partial charge in [-0.15, -0.1) is 0 Å². The molecule has 1 rings (SSSR count). The Hall–Kier alpha value is -0.870. The molecule has 4 nitrogen and oxygen atoms in total. The Morgan fingerprint density at radius 2 is 2.13 bits per heavy atom. The van der Waals surface area contributed by atoms with Crippen LogP contribution in [-0.4, -0.2) is 49.7 Å². The third-order valence-corrected chi connectivity index (χ3v) is 2.58. The highest BCUT2D eigenvalue weighted by Crippen LogP contribution is 2.02. The first-order valence-electron chi connectivity index (χ1n) is 5.38. The molecule has 0 aromatic carbocycles. The molecule has 1 aliphatic rings. The van der Waals surface area contributed by atoms with E-state index in [0.29, 0.717) is 12.2 Å². The maximum atomic E-state index is 11.2. The van der Waals surface area contributed by atoms with E-state index in [2.05, 4.69) is 23.7 Å². The molecule has 1 aliphatic heterocycles. The van der Waals surface area contributed by atoms with Gasteiger partial charge in [-0.1, -0.05) is 6.58 Å². The van der Waals surface area contributed by atoms with Crippen LogP contribution in [0.1, 0.15) is 13.8 Å². The van der Waals surface area contributed by atoms with Gasteiger partial charge in [0.05, 0.1) is 0 Å². The summed E-state index contributed by atoms with van der Waals surface area (Å²) < 4.78 is 5.12. The molecule has 0 bridgehead atoms. The summed E-state index contributed by atoms with van der Waals surface area (Å²) >= 11 is 0. The zero-order chi connectivity index (χ0) is 11.3. The number of hydrogen-bond acceptors (Lipinski definition) is 4. The van der Waals surface area contributed by atoms with Crippen molar-refractivity contribution in [1.29, 1.82) is 0 Å². The van der Waals surface area contributed by atoms with Crippen molar-refractivity contribution < 1.29 is 9.53 Å². The van der Waals surface area contributed by atoms with Gasteiger partial charge in [0.2, 0.25) is 0 Å². The molecule has 1 saturated heterocycles. The van der Waals surface area contributed by atoms with E-state index in [4.69, 9.17) is 4.74 Å². The summed E-state index contributed by atoms with van der Waals surface area (Å²) in [5.41, 5.74) is 0.461. The molecule has 1 fully saturated rings. The predicted octanol–water partition coefficient (Wildman–Crippen LogP) is 0.399. The summed E-state index contributed by atoms with van der Waals surface area (Å²) in [5.74, 6) is -0.294. The monoisotopic (exact) mass is 212 g/mol. The van der Waals surface area contributed by atoms with Crippen LogP contribution < -0.4 is 5.32 Å². The average Bonchev–Trinajstić information content (AvgIpc) is 2.26. The van der Waals surface area contributed by atoms with Crippen molar-refractivity contribution in [2.24, 2.45) is 0 Å². The molecular formula is C11H20N2O2. The maximum Gasteiger partial charge on any atom is 0.333 e. The van der Waals surface area contributed by atoms with Crippen molar-refractivity contribution in [1.82, 2.24) is 10.2 Å². The topological polar surface area (TPSA) is 41.6 Å². The van der Waals surface area contributed by atoms with E-state index in [1.165, 1.54) is 0 Å². The number of nitrogens with zero attached hydrogens (tertiary/aromatic N) is 1. The Labute approximate surface area is 91.3 Å². The van der Waals surface area contributed by atoms with Crippen LogP contribution in [0.2, 0.25) is 0 Å². The van der Waals surface area contributed by atoms with Crippen LogP contribution in [-0.2, 0) is 9.53 Å². The van der Waals surface area contributed by atoms with Crippen molar-refractivity contribution in [3.63, 3.8) is 0 Å². The van der Waals surface area contributed by atoms with Crippen LogP contribution in [0.4, 0.5) is 0 Å². The predicted molar refractivity (Wildman–Crippen MR) is 59.7 cm³/mol. The Kier molecular flexibility index (Phi) is 4.78. The Bertz CT molecular complexity index is 235. The number of piperazine rings is 1. The largest absolute Gasteiger partial charge is 0.461 e. The van der Waals surface area contributed by atoms with E-state index < -0.39 is 0 Å². The van der Waals surface area contributed by atoms with Gasteiger partial charge in [-0.2, -0.15) is 0 Å². The van der Waals surface area contributed by atoms with Crippen molar-refractivity contribution >= 4 is 5.97 Å². The van der Waals surface area contributed by atoms with Crippen LogP contribution in [0.15, 0.2) is 12.2 Å². The van der Waals surface area contributed by atoms with Crippen molar-refractivity contribution in [2.75, 3.05) is 32.8 Å². The third-order valence-electron chi connectivity index (χ3n) is 2.58. The Morgan fingerprint density at radius 1 is 1.53 bits per heavy atom. The van der Waals surface area contributed by atoms with Crippen LogP contribution in [0.3, 0.4) is 0 Å². The number of nitrogens with one attached hydrogen (secondary N) is 1. The van der Waals surface area contributed by atoms with Gasteiger partial charge in [-0.25, -0.2) is 4.79 Å². The van der Waals surface area contributed by atoms with Gasteiger partial charge in [0, 0.05) is 37.8 Å². The van der Waals surface area contributed by atoms with Crippen LogP contribution >= 0.6 is 0 Å². The van der Waals surface area contributed by atoms with Gasteiger partial charge in [-0.3, -0.25) is 4.90 Å². The van der Waals surface area contributed by atoms with Crippen LogP contribution in [0, 0.1) is 0 Å². The number of rotatable bonds is 4. The molecule has 1 heterocycles. The summed E-state index contributed by atoms with van der Waals surface area (Å²) in [7, 11) is 0. The average molecular weight is 212 g/mol. The number of carbonyl (C=O) groups is 1. The number of carbonyl (C=O) groups excluding carboxylic acids is 1. The number of ether oxygens (including phenoxy) is 1. The highest BCUT2D eigenvalue weighted by atomic mass is 16.5. The third kappa shape index (κ3) is 4.01. The second-order valence-electron chi connectivity index (χ2n) is 4.01.